The predicted molar refractivity (Wildman–Crippen MR) is 111 cm³/mol. The fourth-order valence-electron chi connectivity index (χ4n) is 3.45. The van der Waals surface area contributed by atoms with Gasteiger partial charge in [0.25, 0.3) is 0 Å². The molecule has 3 rings (SSSR count). The first kappa shape index (κ1) is 23.9. The van der Waals surface area contributed by atoms with E-state index in [1.54, 1.807) is 24.3 Å². The molecule has 0 aromatic heterocycles. The second-order valence-corrected chi connectivity index (χ2v) is 8.93. The first-order valence-corrected chi connectivity index (χ1v) is 11.4. The van der Waals surface area contributed by atoms with Crippen molar-refractivity contribution in [3.63, 3.8) is 0 Å². The maximum Gasteiger partial charge on any atom is 0.471 e. The summed E-state index contributed by atoms with van der Waals surface area (Å²) in [6, 6.07) is 9.86. The van der Waals surface area contributed by atoms with E-state index in [9.17, 15) is 26.4 Å². The molecule has 0 spiro atoms. The van der Waals surface area contributed by atoms with Gasteiger partial charge in [0, 0.05) is 18.3 Å². The van der Waals surface area contributed by atoms with E-state index in [2.05, 4.69) is 4.72 Å². The van der Waals surface area contributed by atoms with Gasteiger partial charge in [0.05, 0.1) is 11.5 Å². The number of nitrogens with one attached hydrogen (secondary N) is 1. The highest BCUT2D eigenvalue weighted by Gasteiger charge is 2.47. The number of alkyl halides is 3. The van der Waals surface area contributed by atoms with Gasteiger partial charge in [-0.2, -0.15) is 13.2 Å². The highest BCUT2D eigenvalue weighted by Crippen LogP contribution is 2.36. The highest BCUT2D eigenvalue weighted by molar-refractivity contribution is 7.89. The molecule has 1 N–H and O–H groups in total. The van der Waals surface area contributed by atoms with Crippen molar-refractivity contribution >= 4 is 21.6 Å². The third-order valence-corrected chi connectivity index (χ3v) is 6.29. The Labute approximate surface area is 184 Å². The molecule has 174 valence electrons. The second kappa shape index (κ2) is 9.37. The SMILES string of the molecule is CCOc1ccc(OCCNS(=O)(=O)c2ccc3c(c2)CC(C)N3C(=O)C(F)(F)F)cc1. The smallest absolute Gasteiger partial charge is 0.471 e. The van der Waals surface area contributed by atoms with E-state index in [4.69, 9.17) is 9.47 Å². The summed E-state index contributed by atoms with van der Waals surface area (Å²) in [5.41, 5.74) is 0.432. The average Bonchev–Trinajstić information content (AvgIpc) is 3.06. The molecule has 11 heteroatoms. The molecule has 7 nitrogen and oxygen atoms in total. The Morgan fingerprint density at radius 2 is 1.75 bits per heavy atom. The zero-order chi connectivity index (χ0) is 23.5. The van der Waals surface area contributed by atoms with Crippen LogP contribution in [0.2, 0.25) is 0 Å². The quantitative estimate of drug-likeness (QED) is 0.596. The lowest BCUT2D eigenvalue weighted by Gasteiger charge is -2.23. The minimum atomic E-state index is -5.01. The Kier molecular flexibility index (Phi) is 6.99. The Bertz CT molecular complexity index is 1070. The van der Waals surface area contributed by atoms with E-state index < -0.39 is 28.1 Å². The van der Waals surface area contributed by atoms with Crippen LogP contribution in [-0.2, 0) is 21.2 Å². The van der Waals surface area contributed by atoms with Gasteiger partial charge in [-0.1, -0.05) is 0 Å². The molecule has 2 aromatic rings. The summed E-state index contributed by atoms with van der Waals surface area (Å²) in [7, 11) is -3.91. The molecule has 0 saturated heterocycles. The zero-order valence-electron chi connectivity index (χ0n) is 17.5. The van der Waals surface area contributed by atoms with Crippen LogP contribution in [0.5, 0.6) is 11.5 Å². The average molecular weight is 472 g/mol. The van der Waals surface area contributed by atoms with Gasteiger partial charge in [-0.15, -0.1) is 0 Å². The molecule has 0 radical (unpaired) electrons. The van der Waals surface area contributed by atoms with Crippen LogP contribution in [0.4, 0.5) is 18.9 Å². The standard InChI is InChI=1S/C21H23F3N2O5S/c1-3-30-16-4-6-17(7-5-16)31-11-10-25-32(28,29)18-8-9-19-15(13-18)12-14(2)26(19)20(27)21(22,23)24/h4-9,13-14,25H,3,10-12H2,1-2H3. The van der Waals surface area contributed by atoms with Gasteiger partial charge in [0.15, 0.2) is 0 Å². The van der Waals surface area contributed by atoms with Crippen molar-refractivity contribution in [2.24, 2.45) is 0 Å². The van der Waals surface area contributed by atoms with E-state index in [0.717, 1.165) is 0 Å². The van der Waals surface area contributed by atoms with Crippen molar-refractivity contribution in [3.05, 3.63) is 48.0 Å². The summed E-state index contributed by atoms with van der Waals surface area (Å²) < 4.78 is 77.0. The van der Waals surface area contributed by atoms with Crippen LogP contribution in [0.3, 0.4) is 0 Å². The van der Waals surface area contributed by atoms with Crippen molar-refractivity contribution in [3.8, 4) is 11.5 Å². The number of nitrogens with zero attached hydrogens (tertiary/aromatic N) is 1. The number of ether oxygens (including phenoxy) is 2. The number of anilines is 1. The molecule has 1 unspecified atom stereocenters. The monoisotopic (exact) mass is 472 g/mol. The van der Waals surface area contributed by atoms with Crippen LogP contribution in [0.15, 0.2) is 47.4 Å². The number of rotatable bonds is 8. The summed E-state index contributed by atoms with van der Waals surface area (Å²) in [6.45, 7) is 3.95. The van der Waals surface area contributed by atoms with Gasteiger partial charge < -0.3 is 14.4 Å². The molecule has 0 aliphatic carbocycles. The molecule has 1 amide bonds. The molecule has 0 fully saturated rings. The molecule has 1 aliphatic rings. The van der Waals surface area contributed by atoms with Crippen LogP contribution in [0.1, 0.15) is 19.4 Å². The second-order valence-electron chi connectivity index (χ2n) is 7.17. The molecule has 1 atom stereocenters. The first-order chi connectivity index (χ1) is 15.0. The molecule has 2 aromatic carbocycles. The summed E-state index contributed by atoms with van der Waals surface area (Å²) in [5, 5.41) is 0. The molecule has 0 bridgehead atoms. The largest absolute Gasteiger partial charge is 0.494 e. The molecular weight excluding hydrogens is 449 g/mol. The van der Waals surface area contributed by atoms with Crippen molar-refractivity contribution in [2.75, 3.05) is 24.7 Å². The van der Waals surface area contributed by atoms with Crippen LogP contribution in [0.25, 0.3) is 0 Å². The van der Waals surface area contributed by atoms with Crippen LogP contribution < -0.4 is 19.1 Å². The lowest BCUT2D eigenvalue weighted by molar-refractivity contribution is -0.170. The van der Waals surface area contributed by atoms with Gasteiger partial charge in [-0.3, -0.25) is 4.79 Å². The normalized spacial score (nSPS) is 16.0. The molecule has 1 heterocycles. The summed E-state index contributed by atoms with van der Waals surface area (Å²) in [5.74, 6) is -0.723. The fraction of sp³-hybridized carbons (Fsp3) is 0.381. The molecular formula is C21H23F3N2O5S. The van der Waals surface area contributed by atoms with Gasteiger partial charge in [0.1, 0.15) is 18.1 Å². The van der Waals surface area contributed by atoms with E-state index in [1.807, 2.05) is 6.92 Å². The van der Waals surface area contributed by atoms with E-state index >= 15 is 0 Å². The van der Waals surface area contributed by atoms with Crippen molar-refractivity contribution < 1.29 is 35.9 Å². The molecule has 32 heavy (non-hydrogen) atoms. The van der Waals surface area contributed by atoms with Gasteiger partial charge >= 0.3 is 12.1 Å². The predicted octanol–water partition coefficient (Wildman–Crippen LogP) is 3.28. The van der Waals surface area contributed by atoms with Crippen LogP contribution in [0, 0.1) is 0 Å². The van der Waals surface area contributed by atoms with E-state index in [0.29, 0.717) is 28.6 Å². The Morgan fingerprint density at radius 1 is 1.12 bits per heavy atom. The third-order valence-electron chi connectivity index (χ3n) is 4.84. The summed E-state index contributed by atoms with van der Waals surface area (Å²) in [6.07, 6.45) is -4.88. The fourth-order valence-corrected chi connectivity index (χ4v) is 4.51. The van der Waals surface area contributed by atoms with E-state index in [-0.39, 0.29) is 30.2 Å². The minimum absolute atomic E-state index is 0.0122. The van der Waals surface area contributed by atoms with E-state index in [1.165, 1.54) is 25.1 Å². The Morgan fingerprint density at radius 3 is 2.34 bits per heavy atom. The number of benzene rings is 2. The van der Waals surface area contributed by atoms with Gasteiger partial charge in [0.2, 0.25) is 10.0 Å². The topological polar surface area (TPSA) is 84.9 Å². The van der Waals surface area contributed by atoms with Gasteiger partial charge in [-0.25, -0.2) is 13.1 Å². The maximum atomic E-state index is 12.9. The number of hydrogen-bond donors (Lipinski definition) is 1. The maximum absolute atomic E-state index is 12.9. The number of amides is 1. The molecule has 1 aliphatic heterocycles. The van der Waals surface area contributed by atoms with Crippen LogP contribution in [-0.4, -0.2) is 46.3 Å². The number of carbonyl (C=O) groups is 1. The van der Waals surface area contributed by atoms with Crippen molar-refractivity contribution in [1.82, 2.24) is 4.72 Å². The lowest BCUT2D eigenvalue weighted by atomic mass is 10.1. The third kappa shape index (κ3) is 5.33. The number of halogens is 3. The highest BCUT2D eigenvalue weighted by atomic mass is 32.2. The van der Waals surface area contributed by atoms with Crippen molar-refractivity contribution in [1.29, 1.82) is 0 Å². The first-order valence-electron chi connectivity index (χ1n) is 9.91. The summed E-state index contributed by atoms with van der Waals surface area (Å²) >= 11 is 0. The number of fused-ring (bicyclic) bond motifs is 1. The van der Waals surface area contributed by atoms with Crippen LogP contribution >= 0.6 is 0 Å². The summed E-state index contributed by atoms with van der Waals surface area (Å²) in [4.78, 5) is 12.3. The lowest BCUT2D eigenvalue weighted by Crippen LogP contribution is -2.44. The Balaban J connectivity index is 1.62. The zero-order valence-corrected chi connectivity index (χ0v) is 18.3. The number of carbonyl (C=O) groups excluding carboxylic acids is 1. The number of sulfonamides is 1. The van der Waals surface area contributed by atoms with Gasteiger partial charge in [-0.05, 0) is 68.3 Å². The van der Waals surface area contributed by atoms with Crippen molar-refractivity contribution in [2.45, 2.75) is 37.4 Å². The Hall–Kier alpha value is -2.79. The minimum Gasteiger partial charge on any atom is -0.494 e. The number of hydrogen-bond acceptors (Lipinski definition) is 5. The molecule has 0 saturated carbocycles.